The number of aromatic hydroxyl groups is 1. The zero-order chi connectivity index (χ0) is 39.4. The Morgan fingerprint density at radius 2 is 0.964 bits per heavy atom. The Bertz CT molecular complexity index is 1810. The maximum Gasteiger partial charge on any atom is 2.00 e. The van der Waals surface area contributed by atoms with E-state index in [1.807, 2.05) is 12.1 Å². The van der Waals surface area contributed by atoms with Crippen LogP contribution in [0.25, 0.3) is 0 Å². The van der Waals surface area contributed by atoms with E-state index in [-0.39, 0.29) is 77.1 Å². The number of phenolic OH excluding ortho intramolecular Hbond substituents is 1. The third-order valence-corrected chi connectivity index (χ3v) is 10.6. The molecule has 0 aliphatic rings. The number of benzene rings is 4. The van der Waals surface area contributed by atoms with Crippen LogP contribution in [0.3, 0.4) is 0 Å². The van der Waals surface area contributed by atoms with Crippen molar-refractivity contribution in [2.75, 3.05) is 0 Å². The van der Waals surface area contributed by atoms with Crippen LogP contribution < -0.4 is 14.6 Å². The fourth-order valence-corrected chi connectivity index (χ4v) is 7.11. The molecule has 0 aliphatic heterocycles. The van der Waals surface area contributed by atoms with Crippen molar-refractivity contribution in [2.45, 2.75) is 126 Å². The second-order valence-corrected chi connectivity index (χ2v) is 16.1. The monoisotopic (exact) mass is 822 g/mol. The molecule has 0 aromatic heterocycles. The smallest absolute Gasteiger partial charge is 0.870 e. The minimum absolute atomic E-state index is 0. The minimum atomic E-state index is -4.68. The molecule has 0 saturated carbocycles. The normalized spacial score (nSPS) is 11.3. The maximum absolute atomic E-state index is 12.3. The van der Waals surface area contributed by atoms with E-state index < -0.39 is 25.1 Å². The van der Waals surface area contributed by atoms with E-state index in [1.165, 1.54) is 113 Å². The molecule has 4 rings (SSSR count). The average Bonchev–Trinajstić information content (AvgIpc) is 3.13. The molecular weight excluding hydrogens is 769 g/mol. The van der Waals surface area contributed by atoms with Gasteiger partial charge in [0.15, 0.2) is 11.5 Å². The first-order valence-corrected chi connectivity index (χ1v) is 21.8. The Morgan fingerprint density at radius 3 is 1.44 bits per heavy atom. The van der Waals surface area contributed by atoms with Gasteiger partial charge in [0, 0.05) is 0 Å². The fourth-order valence-electron chi connectivity index (χ4n) is 5.90. The summed E-state index contributed by atoms with van der Waals surface area (Å²) in [7, 11) is -9.08. The van der Waals surface area contributed by atoms with E-state index in [0.717, 1.165) is 49.3 Å². The minimum Gasteiger partial charge on any atom is -0.870 e. The van der Waals surface area contributed by atoms with E-state index in [2.05, 4.69) is 13.8 Å². The van der Waals surface area contributed by atoms with Crippen LogP contribution in [0.1, 0.15) is 115 Å². The zero-order valence-corrected chi connectivity index (χ0v) is 35.9. The number of unbranched alkanes of at least 4 members (excludes halogenated alkanes) is 12. The molecule has 0 bridgehead atoms. The Hall–Kier alpha value is -2.84. The van der Waals surface area contributed by atoms with Crippen molar-refractivity contribution in [2.24, 2.45) is 0 Å². The summed E-state index contributed by atoms with van der Waals surface area (Å²) in [6, 6.07) is 21.2. The van der Waals surface area contributed by atoms with Gasteiger partial charge in [-0.3, -0.25) is 4.55 Å². The molecular formula is C42H54CaO10S2. The molecule has 0 saturated heterocycles. The Kier molecular flexibility index (Phi) is 22.3. The quantitative estimate of drug-likeness (QED) is 0.0441. The Balaban J connectivity index is 0.000000373. The number of rotatable bonds is 22. The Morgan fingerprint density at radius 1 is 0.545 bits per heavy atom. The van der Waals surface area contributed by atoms with Crippen LogP contribution in [0.2, 0.25) is 0 Å². The molecule has 0 heterocycles. The molecule has 0 aliphatic carbocycles. The first-order chi connectivity index (χ1) is 25.8. The summed E-state index contributed by atoms with van der Waals surface area (Å²) in [6.45, 7) is 4.41. The number of aryl methyl sites for hydroxylation is 2. The largest absolute Gasteiger partial charge is 2.00 e. The number of para-hydroxylation sites is 2. The van der Waals surface area contributed by atoms with Crippen LogP contribution in [0.4, 0.5) is 0 Å². The van der Waals surface area contributed by atoms with Gasteiger partial charge in [-0.25, -0.2) is 8.42 Å². The number of phenols is 1. The first-order valence-electron chi connectivity index (χ1n) is 18.9. The summed E-state index contributed by atoms with van der Waals surface area (Å²) < 4.78 is 77.0. The van der Waals surface area contributed by atoms with Gasteiger partial charge in [-0.2, -0.15) is 8.42 Å². The van der Waals surface area contributed by atoms with Gasteiger partial charge in [0.05, 0.1) is 4.90 Å². The summed E-state index contributed by atoms with van der Waals surface area (Å²) in [6.07, 6.45) is 18.8. The topological polar surface area (TPSA) is 173 Å². The molecule has 0 atom stereocenters. The van der Waals surface area contributed by atoms with Crippen LogP contribution in [0.15, 0.2) is 94.7 Å². The van der Waals surface area contributed by atoms with Crippen molar-refractivity contribution in [3.8, 4) is 34.5 Å². The van der Waals surface area contributed by atoms with Gasteiger partial charge < -0.3 is 24.2 Å². The van der Waals surface area contributed by atoms with E-state index in [1.54, 1.807) is 24.3 Å². The van der Waals surface area contributed by atoms with Gasteiger partial charge in [-0.1, -0.05) is 139 Å². The molecule has 296 valence electrons. The van der Waals surface area contributed by atoms with E-state index in [4.69, 9.17) is 9.47 Å². The van der Waals surface area contributed by atoms with Crippen molar-refractivity contribution >= 4 is 58.0 Å². The second kappa shape index (κ2) is 25.4. The predicted molar refractivity (Wildman–Crippen MR) is 214 cm³/mol. The van der Waals surface area contributed by atoms with Gasteiger partial charge in [0.1, 0.15) is 32.3 Å². The van der Waals surface area contributed by atoms with Crippen molar-refractivity contribution in [1.82, 2.24) is 0 Å². The summed E-state index contributed by atoms with van der Waals surface area (Å²) in [4.78, 5) is -0.812. The molecule has 55 heavy (non-hydrogen) atoms. The maximum atomic E-state index is 12.3. The molecule has 0 unspecified atom stereocenters. The van der Waals surface area contributed by atoms with E-state index >= 15 is 0 Å². The van der Waals surface area contributed by atoms with E-state index in [9.17, 15) is 36.2 Å². The van der Waals surface area contributed by atoms with Crippen molar-refractivity contribution < 1.29 is 45.6 Å². The summed E-state index contributed by atoms with van der Waals surface area (Å²) in [5.41, 5.74) is 1.95. The summed E-state index contributed by atoms with van der Waals surface area (Å²) in [5.74, 6) is -0.391. The van der Waals surface area contributed by atoms with Gasteiger partial charge in [0.25, 0.3) is 10.1 Å². The predicted octanol–water partition coefficient (Wildman–Crippen LogP) is 10.1. The van der Waals surface area contributed by atoms with Gasteiger partial charge >= 0.3 is 37.7 Å². The molecule has 10 nitrogen and oxygen atoms in total. The molecule has 0 amide bonds. The SMILES string of the molecule is CCCCCCCCCc1ccc(Oc2ccccc2S(=O)(=O)O)c(O)c1.CCCCCCCCCc1ccc(Oc2ccccc2S(=O)(=O)[O-])c([O-])c1.[Ca+2]. The van der Waals surface area contributed by atoms with Crippen molar-refractivity contribution in [3.63, 3.8) is 0 Å². The van der Waals surface area contributed by atoms with Crippen LogP contribution in [0.5, 0.6) is 34.5 Å². The first kappa shape index (κ1) is 48.3. The van der Waals surface area contributed by atoms with Crippen LogP contribution in [-0.4, -0.2) is 68.8 Å². The molecule has 0 radical (unpaired) electrons. The van der Waals surface area contributed by atoms with Gasteiger partial charge in [-0.05, 0) is 79.3 Å². The van der Waals surface area contributed by atoms with Crippen LogP contribution in [0, 0.1) is 0 Å². The second-order valence-electron chi connectivity index (χ2n) is 13.4. The van der Waals surface area contributed by atoms with Crippen LogP contribution >= 0.6 is 0 Å². The molecule has 4 aromatic carbocycles. The third kappa shape index (κ3) is 17.9. The third-order valence-electron chi connectivity index (χ3n) is 8.85. The number of hydrogen-bond donors (Lipinski definition) is 2. The molecule has 0 spiro atoms. The van der Waals surface area contributed by atoms with Gasteiger partial charge in [0.2, 0.25) is 0 Å². The Labute approximate surface area is 357 Å². The number of ether oxygens (including phenoxy) is 2. The zero-order valence-electron chi connectivity index (χ0n) is 32.1. The van der Waals surface area contributed by atoms with E-state index in [0.29, 0.717) is 0 Å². The summed E-state index contributed by atoms with van der Waals surface area (Å²) in [5, 5.41) is 22.5. The molecule has 0 fully saturated rings. The van der Waals surface area contributed by atoms with Crippen molar-refractivity contribution in [1.29, 1.82) is 0 Å². The van der Waals surface area contributed by atoms with Crippen molar-refractivity contribution in [3.05, 3.63) is 96.1 Å². The molecule has 4 aromatic rings. The van der Waals surface area contributed by atoms with Crippen LogP contribution in [-0.2, 0) is 33.1 Å². The molecule has 2 N–H and O–H groups in total. The average molecular weight is 823 g/mol. The fraction of sp³-hybridized carbons (Fsp3) is 0.429. The van der Waals surface area contributed by atoms with Gasteiger partial charge in [-0.15, -0.1) is 0 Å². The number of hydrogen-bond acceptors (Lipinski definition) is 9. The standard InChI is InChI=1S/2C21H28O5S.Ca/c2*1-2-3-4-5-6-7-8-11-17-14-15-19(18(22)16-17)26-20-12-9-10-13-21(20)27(23,24)25;/h2*9-10,12-16,22H,2-8,11H2,1H3,(H,23,24,25);/q;;+2/p-2. The summed E-state index contributed by atoms with van der Waals surface area (Å²) >= 11 is 0. The molecule has 13 heteroatoms.